The van der Waals surface area contributed by atoms with Crippen LogP contribution in [0.1, 0.15) is 27.7 Å². The zero-order valence-corrected chi connectivity index (χ0v) is 13.7. The fourth-order valence-corrected chi connectivity index (χ4v) is 6.01. The van der Waals surface area contributed by atoms with Gasteiger partial charge in [-0.3, -0.25) is 0 Å². The molecule has 3 rings (SSSR count). The van der Waals surface area contributed by atoms with Crippen LogP contribution in [-0.2, 0) is 27.7 Å². The van der Waals surface area contributed by atoms with E-state index >= 15 is 0 Å². The van der Waals surface area contributed by atoms with Gasteiger partial charge in [0.05, 0.1) is 0 Å². The summed E-state index contributed by atoms with van der Waals surface area (Å²) in [6, 6.07) is 8.85. The third-order valence-electron chi connectivity index (χ3n) is 3.32. The first-order valence-corrected chi connectivity index (χ1v) is 8.75. The molecule has 0 atom stereocenters. The van der Waals surface area contributed by atoms with Crippen LogP contribution in [0.4, 0.5) is 5.69 Å². The first-order chi connectivity index (χ1) is 10.1. The van der Waals surface area contributed by atoms with Gasteiger partial charge in [-0.25, -0.2) is 0 Å². The SMILES string of the molecule is CC1(C)OP2(Nc3ccccc3)(OC1=O)OC(=O)C(C)(C)O2. The van der Waals surface area contributed by atoms with Gasteiger partial charge in [-0.2, -0.15) is 0 Å². The molecule has 1 aromatic rings. The molecule has 0 radical (unpaired) electrons. The first kappa shape index (κ1) is 15.2. The van der Waals surface area contributed by atoms with E-state index in [4.69, 9.17) is 18.1 Å². The van der Waals surface area contributed by atoms with Crippen LogP contribution in [0.3, 0.4) is 0 Å². The summed E-state index contributed by atoms with van der Waals surface area (Å²) in [7, 11) is -4.60. The Bertz CT molecular complexity index is 621. The van der Waals surface area contributed by atoms with Crippen LogP contribution in [0.25, 0.3) is 0 Å². The second-order valence-electron chi connectivity index (χ2n) is 6.25. The zero-order chi connectivity index (χ0) is 16.3. The summed E-state index contributed by atoms with van der Waals surface area (Å²) in [6.07, 6.45) is 0. The summed E-state index contributed by atoms with van der Waals surface area (Å²) in [4.78, 5) is 24.3. The minimum atomic E-state index is -4.60. The van der Waals surface area contributed by atoms with Gasteiger partial charge in [-0.15, -0.1) is 0 Å². The van der Waals surface area contributed by atoms with E-state index in [-0.39, 0.29) is 0 Å². The fourth-order valence-electron chi connectivity index (χ4n) is 2.29. The van der Waals surface area contributed by atoms with Gasteiger partial charge in [0, 0.05) is 0 Å². The van der Waals surface area contributed by atoms with E-state index in [9.17, 15) is 9.59 Å². The van der Waals surface area contributed by atoms with Crippen LogP contribution >= 0.6 is 7.66 Å². The molecule has 22 heavy (non-hydrogen) atoms. The van der Waals surface area contributed by atoms with Gasteiger partial charge in [-0.05, 0) is 0 Å². The van der Waals surface area contributed by atoms with Gasteiger partial charge in [-0.1, -0.05) is 0 Å². The van der Waals surface area contributed by atoms with Crippen molar-refractivity contribution in [2.24, 2.45) is 0 Å². The first-order valence-electron chi connectivity index (χ1n) is 6.84. The maximum absolute atomic E-state index is 12.1. The molecule has 1 aromatic carbocycles. The number of benzene rings is 1. The Kier molecular flexibility index (Phi) is 2.90. The summed E-state index contributed by atoms with van der Waals surface area (Å²) < 4.78 is 22.4. The average molecular weight is 327 g/mol. The molecule has 1 N–H and O–H groups in total. The number of carbonyl (C=O) groups excluding carboxylic acids is 2. The van der Waals surface area contributed by atoms with Gasteiger partial charge in [0.25, 0.3) is 0 Å². The summed E-state index contributed by atoms with van der Waals surface area (Å²) in [5.74, 6) is -1.31. The molecule has 2 saturated heterocycles. The average Bonchev–Trinajstić information content (AvgIpc) is 2.67. The number of carbonyl (C=O) groups is 2. The molecule has 0 amide bonds. The second kappa shape index (κ2) is 4.19. The normalized spacial score (nSPS) is 28.5. The van der Waals surface area contributed by atoms with Crippen molar-refractivity contribution in [3.05, 3.63) is 30.3 Å². The number of nitrogens with one attached hydrogen (secondary N) is 1. The topological polar surface area (TPSA) is 83.1 Å². The molecule has 2 aliphatic heterocycles. The van der Waals surface area contributed by atoms with E-state index in [1.807, 2.05) is 6.07 Å². The van der Waals surface area contributed by atoms with Gasteiger partial charge in [0.2, 0.25) is 0 Å². The van der Waals surface area contributed by atoms with Crippen molar-refractivity contribution in [2.75, 3.05) is 5.09 Å². The number of hydrogen-bond acceptors (Lipinski definition) is 7. The summed E-state index contributed by atoms with van der Waals surface area (Å²) >= 11 is 0. The zero-order valence-electron chi connectivity index (χ0n) is 12.8. The number of hydrogen-bond donors (Lipinski definition) is 1. The van der Waals surface area contributed by atoms with Crippen LogP contribution in [0.5, 0.6) is 0 Å². The molecule has 7 nitrogen and oxygen atoms in total. The molecule has 0 aromatic heterocycles. The number of para-hydroxylation sites is 1. The van der Waals surface area contributed by atoms with Crippen LogP contribution < -0.4 is 5.09 Å². The van der Waals surface area contributed by atoms with E-state index in [1.165, 1.54) is 27.7 Å². The quantitative estimate of drug-likeness (QED) is 0.836. The van der Waals surface area contributed by atoms with Crippen molar-refractivity contribution in [3.8, 4) is 0 Å². The summed E-state index contributed by atoms with van der Waals surface area (Å²) in [6.45, 7) is 6.13. The van der Waals surface area contributed by atoms with E-state index in [1.54, 1.807) is 24.3 Å². The number of rotatable bonds is 2. The van der Waals surface area contributed by atoms with Crippen LogP contribution in [-0.4, -0.2) is 23.1 Å². The van der Waals surface area contributed by atoms with Crippen molar-refractivity contribution in [1.29, 1.82) is 0 Å². The van der Waals surface area contributed by atoms with Crippen molar-refractivity contribution in [2.45, 2.75) is 38.9 Å². The van der Waals surface area contributed by atoms with Crippen molar-refractivity contribution in [1.82, 2.24) is 0 Å². The summed E-state index contributed by atoms with van der Waals surface area (Å²) in [5, 5.41) is 2.90. The van der Waals surface area contributed by atoms with Gasteiger partial charge in [0.15, 0.2) is 0 Å². The standard InChI is InChI=1S/C14H18NO6P/c1-13(2)11(16)18-22(20-13,15-10-8-6-5-7-9-10)19-12(17)14(3,4)21-22/h5-9,15H,1-4H3. The van der Waals surface area contributed by atoms with E-state index in [0.29, 0.717) is 5.69 Å². The third-order valence-corrected chi connectivity index (χ3v) is 6.45. The Morgan fingerprint density at radius 1 is 0.864 bits per heavy atom. The Morgan fingerprint density at radius 2 is 1.32 bits per heavy atom. The van der Waals surface area contributed by atoms with Gasteiger partial charge in [0.1, 0.15) is 0 Å². The molecule has 0 aliphatic carbocycles. The Labute approximate surface area is 128 Å². The Morgan fingerprint density at radius 3 is 1.68 bits per heavy atom. The number of anilines is 1. The van der Waals surface area contributed by atoms with Crippen molar-refractivity contribution >= 4 is 25.3 Å². The predicted octanol–water partition coefficient (Wildman–Crippen LogP) is 2.93. The molecule has 0 saturated carbocycles. The molecule has 2 fully saturated rings. The van der Waals surface area contributed by atoms with Crippen molar-refractivity contribution in [3.63, 3.8) is 0 Å². The van der Waals surface area contributed by atoms with E-state index in [2.05, 4.69) is 5.09 Å². The molecule has 8 heteroatoms. The van der Waals surface area contributed by atoms with Gasteiger partial charge >= 0.3 is 127 Å². The molecular formula is C14H18NO6P. The summed E-state index contributed by atoms with van der Waals surface area (Å²) in [5.41, 5.74) is -2.03. The molecule has 120 valence electrons. The molecule has 0 bridgehead atoms. The van der Waals surface area contributed by atoms with Crippen LogP contribution in [0.15, 0.2) is 30.3 Å². The molecule has 1 spiro atoms. The van der Waals surface area contributed by atoms with Gasteiger partial charge < -0.3 is 0 Å². The van der Waals surface area contributed by atoms with E-state index < -0.39 is 30.8 Å². The molecule has 0 unspecified atom stereocenters. The molecule has 2 heterocycles. The third kappa shape index (κ3) is 2.17. The second-order valence-corrected chi connectivity index (χ2v) is 8.83. The maximum atomic E-state index is 12.1. The monoisotopic (exact) mass is 327 g/mol. The Balaban J connectivity index is 2.09. The minimum absolute atomic E-state index is 0.552. The fraction of sp³-hybridized carbons (Fsp3) is 0.429. The molecule has 2 aliphatic rings. The Hall–Kier alpha value is -1.69. The van der Waals surface area contributed by atoms with E-state index in [0.717, 1.165) is 0 Å². The van der Waals surface area contributed by atoms with Crippen LogP contribution in [0, 0.1) is 0 Å². The molecular weight excluding hydrogens is 309 g/mol. The predicted molar refractivity (Wildman–Crippen MR) is 79.5 cm³/mol. The van der Waals surface area contributed by atoms with Crippen molar-refractivity contribution < 1.29 is 27.7 Å². The van der Waals surface area contributed by atoms with Crippen LogP contribution in [0.2, 0.25) is 0 Å².